The zero-order valence-electron chi connectivity index (χ0n) is 19.4. The van der Waals surface area contributed by atoms with Crippen LogP contribution in [0.4, 0.5) is 0 Å². The van der Waals surface area contributed by atoms with E-state index in [2.05, 4.69) is 76.4 Å². The standard InChI is InChI=1S/C12H21N.C9H10.C8H10/c1-4-7-11(2)8-5-6-9-12(3)10-13;1-2-6-9-7-4-3-5-8-9;1-2-8-6-4-3-5-7-8/h11H,3-9H2,1-2H3;2-5,7-8H,1,6H2;3-7H,2H2,1H3. The molecule has 0 heterocycles. The summed E-state index contributed by atoms with van der Waals surface area (Å²) >= 11 is 0. The maximum atomic E-state index is 8.48. The van der Waals surface area contributed by atoms with E-state index in [0.29, 0.717) is 0 Å². The Kier molecular flexibility index (Phi) is 18.0. The summed E-state index contributed by atoms with van der Waals surface area (Å²) in [5.74, 6) is 0.848. The van der Waals surface area contributed by atoms with Gasteiger partial charge in [0.25, 0.3) is 0 Å². The molecule has 1 nitrogen and oxygen atoms in total. The second-order valence-corrected chi connectivity index (χ2v) is 7.67. The molecule has 0 radical (unpaired) electrons. The Morgan fingerprint density at radius 1 is 0.933 bits per heavy atom. The third-order valence-electron chi connectivity index (χ3n) is 4.84. The van der Waals surface area contributed by atoms with Crippen molar-refractivity contribution in [2.75, 3.05) is 0 Å². The highest BCUT2D eigenvalue weighted by molar-refractivity contribution is 5.17. The van der Waals surface area contributed by atoms with Crippen molar-refractivity contribution in [2.45, 2.75) is 72.1 Å². The van der Waals surface area contributed by atoms with Gasteiger partial charge >= 0.3 is 0 Å². The SMILES string of the molecule is C=C(C#N)CCCCC(C)CCC.C=CCc1ccccc1.CCc1ccccc1. The quantitative estimate of drug-likeness (QED) is 0.221. The van der Waals surface area contributed by atoms with Gasteiger partial charge in [0, 0.05) is 5.57 Å². The molecule has 0 saturated heterocycles. The van der Waals surface area contributed by atoms with E-state index < -0.39 is 0 Å². The van der Waals surface area contributed by atoms with Gasteiger partial charge in [0.05, 0.1) is 6.07 Å². The molecule has 0 aliphatic heterocycles. The van der Waals surface area contributed by atoms with Crippen molar-refractivity contribution in [3.63, 3.8) is 0 Å². The zero-order valence-corrected chi connectivity index (χ0v) is 19.4. The van der Waals surface area contributed by atoms with Gasteiger partial charge in [0.1, 0.15) is 0 Å². The Morgan fingerprint density at radius 2 is 1.50 bits per heavy atom. The number of hydrogen-bond donors (Lipinski definition) is 0. The molecule has 0 bridgehead atoms. The van der Waals surface area contributed by atoms with E-state index in [4.69, 9.17) is 5.26 Å². The molecule has 0 spiro atoms. The predicted molar refractivity (Wildman–Crippen MR) is 133 cm³/mol. The smallest absolute Gasteiger partial charge is 0.0940 e. The summed E-state index contributed by atoms with van der Waals surface area (Å²) in [5, 5.41) is 8.48. The van der Waals surface area contributed by atoms with Crippen LogP contribution in [-0.2, 0) is 12.8 Å². The van der Waals surface area contributed by atoms with Gasteiger partial charge in [-0.05, 0) is 42.7 Å². The van der Waals surface area contributed by atoms with E-state index >= 15 is 0 Å². The molecule has 1 heteroatoms. The summed E-state index contributed by atoms with van der Waals surface area (Å²) in [5.41, 5.74) is 3.46. The molecule has 2 rings (SSSR count). The second kappa shape index (κ2) is 19.7. The molecule has 0 aliphatic rings. The van der Waals surface area contributed by atoms with E-state index in [1.807, 2.05) is 30.3 Å². The summed E-state index contributed by atoms with van der Waals surface area (Å²) in [6.07, 6.45) is 11.2. The van der Waals surface area contributed by atoms with Crippen LogP contribution in [0.2, 0.25) is 0 Å². The molecule has 0 N–H and O–H groups in total. The number of aryl methyl sites for hydroxylation is 1. The van der Waals surface area contributed by atoms with Crippen LogP contribution in [0.3, 0.4) is 0 Å². The van der Waals surface area contributed by atoms with Gasteiger partial charge in [-0.15, -0.1) is 6.58 Å². The van der Waals surface area contributed by atoms with Crippen LogP contribution in [0, 0.1) is 17.2 Å². The largest absolute Gasteiger partial charge is 0.193 e. The van der Waals surface area contributed by atoms with Crippen LogP contribution in [0.5, 0.6) is 0 Å². The van der Waals surface area contributed by atoms with Crippen molar-refractivity contribution in [3.8, 4) is 6.07 Å². The Labute approximate surface area is 186 Å². The summed E-state index contributed by atoms with van der Waals surface area (Å²) in [7, 11) is 0. The topological polar surface area (TPSA) is 23.8 Å². The Balaban J connectivity index is 0.000000434. The van der Waals surface area contributed by atoms with Gasteiger partial charge in [-0.2, -0.15) is 5.26 Å². The minimum atomic E-state index is 0.725. The van der Waals surface area contributed by atoms with Gasteiger partial charge < -0.3 is 0 Å². The Hall–Kier alpha value is -2.59. The molecule has 1 unspecified atom stereocenters. The van der Waals surface area contributed by atoms with E-state index in [-0.39, 0.29) is 0 Å². The predicted octanol–water partition coefficient (Wildman–Crippen LogP) is 8.73. The van der Waals surface area contributed by atoms with Crippen LogP contribution in [0.1, 0.15) is 70.4 Å². The van der Waals surface area contributed by atoms with E-state index in [9.17, 15) is 0 Å². The molecule has 0 aromatic heterocycles. The lowest BCUT2D eigenvalue weighted by Gasteiger charge is -2.08. The maximum Gasteiger partial charge on any atom is 0.0940 e. The minimum absolute atomic E-state index is 0.725. The Morgan fingerprint density at radius 3 is 1.93 bits per heavy atom. The lowest BCUT2D eigenvalue weighted by atomic mass is 9.98. The number of hydrogen-bond acceptors (Lipinski definition) is 1. The fourth-order valence-electron chi connectivity index (χ4n) is 3.02. The molecule has 2 aromatic carbocycles. The van der Waals surface area contributed by atoms with E-state index in [1.165, 1.54) is 36.8 Å². The zero-order chi connectivity index (χ0) is 22.5. The lowest BCUT2D eigenvalue weighted by molar-refractivity contribution is 0.461. The van der Waals surface area contributed by atoms with Gasteiger partial charge in [-0.25, -0.2) is 0 Å². The molecule has 30 heavy (non-hydrogen) atoms. The molecular weight excluding hydrogens is 362 g/mol. The third kappa shape index (κ3) is 16.4. The van der Waals surface area contributed by atoms with Gasteiger partial charge in [-0.1, -0.05) is 120 Å². The van der Waals surface area contributed by atoms with Crippen LogP contribution >= 0.6 is 0 Å². The van der Waals surface area contributed by atoms with Crippen LogP contribution in [-0.4, -0.2) is 0 Å². The number of unbranched alkanes of at least 4 members (excludes halogenated alkanes) is 1. The molecule has 0 fully saturated rings. The summed E-state index contributed by atoms with van der Waals surface area (Å²) in [6, 6.07) is 22.8. The minimum Gasteiger partial charge on any atom is -0.193 e. The lowest BCUT2D eigenvalue weighted by Crippen LogP contribution is -1.93. The first-order valence-electron chi connectivity index (χ1n) is 11.3. The average Bonchev–Trinajstić information content (AvgIpc) is 2.79. The highest BCUT2D eigenvalue weighted by atomic mass is 14.2. The number of benzene rings is 2. The molecule has 1 atom stereocenters. The van der Waals surface area contributed by atoms with E-state index in [0.717, 1.165) is 37.2 Å². The van der Waals surface area contributed by atoms with Crippen molar-refractivity contribution in [2.24, 2.45) is 5.92 Å². The fraction of sp³-hybridized carbons (Fsp3) is 0.414. The van der Waals surface area contributed by atoms with Crippen molar-refractivity contribution in [1.82, 2.24) is 0 Å². The molecular formula is C29H41N. The summed E-state index contributed by atoms with van der Waals surface area (Å²) < 4.78 is 0. The molecule has 0 aliphatic carbocycles. The van der Waals surface area contributed by atoms with Crippen molar-refractivity contribution < 1.29 is 0 Å². The molecule has 0 saturated carbocycles. The first-order chi connectivity index (χ1) is 14.6. The van der Waals surface area contributed by atoms with Gasteiger partial charge in [0.15, 0.2) is 0 Å². The third-order valence-corrected chi connectivity index (χ3v) is 4.84. The fourth-order valence-corrected chi connectivity index (χ4v) is 3.02. The highest BCUT2D eigenvalue weighted by Gasteiger charge is 2.00. The first-order valence-corrected chi connectivity index (χ1v) is 11.3. The average molecular weight is 404 g/mol. The van der Waals surface area contributed by atoms with Crippen molar-refractivity contribution in [3.05, 3.63) is 96.6 Å². The first kappa shape index (κ1) is 27.4. The number of rotatable bonds is 10. The number of nitriles is 1. The van der Waals surface area contributed by atoms with Crippen LogP contribution < -0.4 is 0 Å². The Bertz CT molecular complexity index is 694. The number of nitrogens with zero attached hydrogens (tertiary/aromatic N) is 1. The maximum absolute atomic E-state index is 8.48. The molecule has 2 aromatic rings. The van der Waals surface area contributed by atoms with Crippen molar-refractivity contribution >= 4 is 0 Å². The van der Waals surface area contributed by atoms with E-state index in [1.54, 1.807) is 0 Å². The van der Waals surface area contributed by atoms with Crippen LogP contribution in [0.25, 0.3) is 0 Å². The van der Waals surface area contributed by atoms with Gasteiger partial charge in [-0.3, -0.25) is 0 Å². The van der Waals surface area contributed by atoms with Gasteiger partial charge in [0.2, 0.25) is 0 Å². The van der Waals surface area contributed by atoms with Crippen molar-refractivity contribution in [1.29, 1.82) is 5.26 Å². The molecule has 162 valence electrons. The summed E-state index contributed by atoms with van der Waals surface area (Å²) in [6.45, 7) is 14.0. The molecule has 0 amide bonds. The summed E-state index contributed by atoms with van der Waals surface area (Å²) in [4.78, 5) is 0. The second-order valence-electron chi connectivity index (χ2n) is 7.67. The monoisotopic (exact) mass is 403 g/mol. The van der Waals surface area contributed by atoms with Crippen LogP contribution in [0.15, 0.2) is 85.5 Å². The highest BCUT2D eigenvalue weighted by Crippen LogP contribution is 2.15. The number of allylic oxidation sites excluding steroid dienone is 2. The normalized spacial score (nSPS) is 10.3.